The van der Waals surface area contributed by atoms with Gasteiger partial charge in [0.25, 0.3) is 0 Å². The molecule has 0 heterocycles. The Morgan fingerprint density at radius 2 is 1.65 bits per heavy atom. The average Bonchev–Trinajstić information content (AvgIpc) is 2.41. The molecule has 2 heteroatoms. The number of hydrogen-bond acceptors (Lipinski definition) is 1. The fourth-order valence-electron chi connectivity index (χ4n) is 2.34. The van der Waals surface area contributed by atoms with Gasteiger partial charge in [0.2, 0.25) is 0 Å². The summed E-state index contributed by atoms with van der Waals surface area (Å²) in [6, 6.07) is 14.1. The fourth-order valence-corrected chi connectivity index (χ4v) is 2.34. The Morgan fingerprint density at radius 3 is 2.20 bits per heavy atom. The first-order chi connectivity index (χ1) is 9.47. The Labute approximate surface area is 120 Å². The molecule has 2 aromatic rings. The van der Waals surface area contributed by atoms with Crippen molar-refractivity contribution < 1.29 is 9.90 Å². The molecule has 0 aromatic heterocycles. The second-order valence-electron chi connectivity index (χ2n) is 5.54. The molecule has 0 unspecified atom stereocenters. The van der Waals surface area contributed by atoms with E-state index in [1.807, 2.05) is 26.0 Å². The van der Waals surface area contributed by atoms with Crippen LogP contribution in [0, 0.1) is 6.92 Å². The third kappa shape index (κ3) is 3.27. The molecule has 20 heavy (non-hydrogen) atoms. The monoisotopic (exact) mass is 268 g/mol. The normalized spacial score (nSPS) is 10.8. The molecule has 0 radical (unpaired) electrons. The summed E-state index contributed by atoms with van der Waals surface area (Å²) in [7, 11) is 0. The van der Waals surface area contributed by atoms with Gasteiger partial charge in [-0.1, -0.05) is 55.8 Å². The van der Waals surface area contributed by atoms with Gasteiger partial charge >= 0.3 is 5.97 Å². The molecule has 0 aliphatic rings. The molecular weight excluding hydrogens is 248 g/mol. The number of carbonyl (C=O) groups is 1. The molecule has 0 aliphatic heterocycles. The van der Waals surface area contributed by atoms with E-state index in [4.69, 9.17) is 0 Å². The Bertz CT molecular complexity index is 610. The summed E-state index contributed by atoms with van der Waals surface area (Å²) >= 11 is 0. The van der Waals surface area contributed by atoms with Gasteiger partial charge in [0.15, 0.2) is 0 Å². The molecular formula is C18H20O2. The maximum atomic E-state index is 11.4. The fraction of sp³-hybridized carbons (Fsp3) is 0.278. The number of benzene rings is 2. The van der Waals surface area contributed by atoms with Crippen LogP contribution >= 0.6 is 0 Å². The lowest BCUT2D eigenvalue weighted by Gasteiger charge is -2.12. The molecule has 0 amide bonds. The van der Waals surface area contributed by atoms with Gasteiger partial charge in [-0.3, -0.25) is 0 Å². The van der Waals surface area contributed by atoms with E-state index in [2.05, 4.69) is 31.2 Å². The lowest BCUT2D eigenvalue weighted by atomic mass is 9.93. The molecule has 2 rings (SSSR count). The van der Waals surface area contributed by atoms with Gasteiger partial charge in [-0.25, -0.2) is 4.79 Å². The van der Waals surface area contributed by atoms with E-state index in [1.54, 1.807) is 6.07 Å². The van der Waals surface area contributed by atoms with E-state index in [0.29, 0.717) is 5.56 Å². The van der Waals surface area contributed by atoms with Crippen molar-refractivity contribution in [3.05, 3.63) is 70.3 Å². The number of aryl methyl sites for hydroxylation is 1. The average molecular weight is 268 g/mol. The summed E-state index contributed by atoms with van der Waals surface area (Å²) in [5, 5.41) is 9.34. The van der Waals surface area contributed by atoms with Crippen molar-refractivity contribution in [2.45, 2.75) is 33.1 Å². The largest absolute Gasteiger partial charge is 0.478 e. The van der Waals surface area contributed by atoms with E-state index in [0.717, 1.165) is 17.5 Å². The molecule has 0 saturated heterocycles. The van der Waals surface area contributed by atoms with Gasteiger partial charge in [0.1, 0.15) is 0 Å². The van der Waals surface area contributed by atoms with Crippen LogP contribution in [0.1, 0.15) is 52.4 Å². The van der Waals surface area contributed by atoms with Gasteiger partial charge in [-0.05, 0) is 42.0 Å². The first kappa shape index (κ1) is 14.3. The molecule has 1 N–H and O–H groups in total. The first-order valence-electron chi connectivity index (χ1n) is 6.89. The summed E-state index contributed by atoms with van der Waals surface area (Å²) in [6.45, 7) is 6.09. The standard InChI is InChI=1S/C18H20O2/c1-12(2)16-9-8-15(11-17(16)18(19)20)10-14-6-4-13(3)5-7-14/h4-9,11-12H,10H2,1-3H3,(H,19,20). The van der Waals surface area contributed by atoms with Crippen LogP contribution < -0.4 is 0 Å². The van der Waals surface area contributed by atoms with Crippen LogP contribution in [0.4, 0.5) is 0 Å². The molecule has 0 bridgehead atoms. The number of hydrogen-bond donors (Lipinski definition) is 1. The van der Waals surface area contributed by atoms with Crippen molar-refractivity contribution >= 4 is 5.97 Å². The number of aromatic carboxylic acids is 1. The zero-order chi connectivity index (χ0) is 14.7. The quantitative estimate of drug-likeness (QED) is 0.892. The predicted molar refractivity (Wildman–Crippen MR) is 81.5 cm³/mol. The minimum atomic E-state index is -0.848. The summed E-state index contributed by atoms with van der Waals surface area (Å²) in [5.74, 6) is -0.631. The first-order valence-corrected chi connectivity index (χ1v) is 6.89. The lowest BCUT2D eigenvalue weighted by molar-refractivity contribution is 0.0695. The van der Waals surface area contributed by atoms with Crippen molar-refractivity contribution in [1.29, 1.82) is 0 Å². The lowest BCUT2D eigenvalue weighted by Crippen LogP contribution is -2.05. The van der Waals surface area contributed by atoms with Crippen molar-refractivity contribution in [1.82, 2.24) is 0 Å². The van der Waals surface area contributed by atoms with Gasteiger partial charge in [-0.15, -0.1) is 0 Å². The number of rotatable bonds is 4. The summed E-state index contributed by atoms with van der Waals surface area (Å²) in [6.07, 6.45) is 0.763. The number of carboxylic acids is 1. The van der Waals surface area contributed by atoms with Gasteiger partial charge < -0.3 is 5.11 Å². The van der Waals surface area contributed by atoms with Crippen molar-refractivity contribution in [2.24, 2.45) is 0 Å². The highest BCUT2D eigenvalue weighted by atomic mass is 16.4. The van der Waals surface area contributed by atoms with Gasteiger partial charge in [0, 0.05) is 0 Å². The van der Waals surface area contributed by atoms with Crippen molar-refractivity contribution in [3.63, 3.8) is 0 Å². The molecule has 0 spiro atoms. The third-order valence-corrected chi connectivity index (χ3v) is 3.50. The Morgan fingerprint density at radius 1 is 1.05 bits per heavy atom. The highest BCUT2D eigenvalue weighted by Gasteiger charge is 2.13. The van der Waals surface area contributed by atoms with Crippen LogP contribution in [0.3, 0.4) is 0 Å². The van der Waals surface area contributed by atoms with E-state index in [-0.39, 0.29) is 5.92 Å². The maximum absolute atomic E-state index is 11.4. The smallest absolute Gasteiger partial charge is 0.335 e. The second-order valence-corrected chi connectivity index (χ2v) is 5.54. The molecule has 2 aromatic carbocycles. The van der Waals surface area contributed by atoms with Crippen LogP contribution in [0.5, 0.6) is 0 Å². The molecule has 104 valence electrons. The van der Waals surface area contributed by atoms with Crippen LogP contribution in [0.15, 0.2) is 42.5 Å². The SMILES string of the molecule is Cc1ccc(Cc2ccc(C(C)C)c(C(=O)O)c2)cc1. The minimum absolute atomic E-state index is 0.217. The second kappa shape index (κ2) is 5.91. The predicted octanol–water partition coefficient (Wildman–Crippen LogP) is 4.41. The van der Waals surface area contributed by atoms with Gasteiger partial charge in [0.05, 0.1) is 5.56 Å². The molecule has 0 aliphatic carbocycles. The maximum Gasteiger partial charge on any atom is 0.335 e. The van der Waals surface area contributed by atoms with Crippen LogP contribution in [0.25, 0.3) is 0 Å². The van der Waals surface area contributed by atoms with Gasteiger partial charge in [-0.2, -0.15) is 0 Å². The molecule has 2 nitrogen and oxygen atoms in total. The van der Waals surface area contributed by atoms with Crippen molar-refractivity contribution in [3.8, 4) is 0 Å². The Kier molecular flexibility index (Phi) is 4.23. The highest BCUT2D eigenvalue weighted by Crippen LogP contribution is 2.22. The highest BCUT2D eigenvalue weighted by molar-refractivity contribution is 5.89. The Balaban J connectivity index is 2.31. The van der Waals surface area contributed by atoms with Crippen molar-refractivity contribution in [2.75, 3.05) is 0 Å². The molecule has 0 fully saturated rings. The van der Waals surface area contributed by atoms with E-state index >= 15 is 0 Å². The third-order valence-electron chi connectivity index (χ3n) is 3.50. The van der Waals surface area contributed by atoms with E-state index in [1.165, 1.54) is 11.1 Å². The topological polar surface area (TPSA) is 37.3 Å². The zero-order valence-corrected chi connectivity index (χ0v) is 12.2. The summed E-state index contributed by atoms with van der Waals surface area (Å²) < 4.78 is 0. The summed E-state index contributed by atoms with van der Waals surface area (Å²) in [5.41, 5.74) is 4.78. The zero-order valence-electron chi connectivity index (χ0n) is 12.2. The van der Waals surface area contributed by atoms with Crippen LogP contribution in [-0.2, 0) is 6.42 Å². The molecule has 0 atom stereocenters. The number of carboxylic acid groups (broad SMARTS) is 1. The van der Waals surface area contributed by atoms with E-state index < -0.39 is 5.97 Å². The minimum Gasteiger partial charge on any atom is -0.478 e. The van der Waals surface area contributed by atoms with Crippen LogP contribution in [0.2, 0.25) is 0 Å². The van der Waals surface area contributed by atoms with E-state index in [9.17, 15) is 9.90 Å². The Hall–Kier alpha value is -2.09. The van der Waals surface area contributed by atoms with Crippen LogP contribution in [-0.4, -0.2) is 11.1 Å². The molecule has 0 saturated carbocycles. The summed E-state index contributed by atoms with van der Waals surface area (Å²) in [4.78, 5) is 11.4.